The molecule has 0 saturated carbocycles. The number of nitrogens with zero attached hydrogens (tertiary/aromatic N) is 3. The van der Waals surface area contributed by atoms with Crippen LogP contribution in [-0.4, -0.2) is 21.0 Å². The van der Waals surface area contributed by atoms with Crippen LogP contribution in [0.3, 0.4) is 0 Å². The van der Waals surface area contributed by atoms with E-state index in [4.69, 9.17) is 4.52 Å². The summed E-state index contributed by atoms with van der Waals surface area (Å²) in [5.41, 5.74) is 0.769. The number of H-pyrrole nitrogens is 1. The smallest absolute Gasteiger partial charge is 0.297 e. The maximum Gasteiger partial charge on any atom is 0.297 e. The van der Waals surface area contributed by atoms with Crippen molar-refractivity contribution in [2.75, 3.05) is 4.90 Å². The Labute approximate surface area is 115 Å². The zero-order chi connectivity index (χ0) is 13.8. The molecule has 20 heavy (non-hydrogen) atoms. The molecule has 0 fully saturated rings. The second-order valence-corrected chi connectivity index (χ2v) is 4.14. The van der Waals surface area contributed by atoms with Gasteiger partial charge in [-0.2, -0.15) is 0 Å². The van der Waals surface area contributed by atoms with Gasteiger partial charge in [0, 0.05) is 24.1 Å². The topological polar surface area (TPSA) is 75.0 Å². The molecule has 0 unspecified atom stereocenters. The van der Waals surface area contributed by atoms with Crippen LogP contribution in [0.25, 0.3) is 0 Å². The summed E-state index contributed by atoms with van der Waals surface area (Å²) < 4.78 is 4.95. The molecule has 0 spiro atoms. The van der Waals surface area contributed by atoms with Gasteiger partial charge >= 0.3 is 0 Å². The van der Waals surface area contributed by atoms with Gasteiger partial charge in [0.2, 0.25) is 5.76 Å². The third kappa shape index (κ3) is 2.44. The van der Waals surface area contributed by atoms with Crippen molar-refractivity contribution in [3.05, 3.63) is 66.6 Å². The minimum absolute atomic E-state index is 0.195. The Hall–Kier alpha value is -2.89. The van der Waals surface area contributed by atoms with E-state index in [1.165, 1.54) is 6.20 Å². The normalized spacial score (nSPS) is 10.4. The Bertz CT molecular complexity index is 663. The molecule has 1 aromatic carbocycles. The number of nitrogens with one attached hydrogen (secondary N) is 1. The third-order valence-electron chi connectivity index (χ3n) is 2.82. The molecule has 6 nitrogen and oxygen atoms in total. The van der Waals surface area contributed by atoms with Gasteiger partial charge in [0.1, 0.15) is 5.82 Å². The number of benzene rings is 1. The predicted octanol–water partition coefficient (Wildman–Crippen LogP) is 2.24. The SMILES string of the molecule is O=C(c1ccno1)N(Cc1ncc[nH]1)c1ccccc1. The van der Waals surface area contributed by atoms with E-state index in [0.29, 0.717) is 12.4 Å². The van der Waals surface area contributed by atoms with E-state index in [1.54, 1.807) is 23.4 Å². The van der Waals surface area contributed by atoms with Crippen LogP contribution in [0.15, 0.2) is 59.5 Å². The summed E-state index contributed by atoms with van der Waals surface area (Å²) in [7, 11) is 0. The summed E-state index contributed by atoms with van der Waals surface area (Å²) >= 11 is 0. The average molecular weight is 268 g/mol. The highest BCUT2D eigenvalue weighted by molar-refractivity contribution is 6.03. The van der Waals surface area contributed by atoms with E-state index in [1.807, 2.05) is 30.3 Å². The molecule has 6 heteroatoms. The lowest BCUT2D eigenvalue weighted by Gasteiger charge is -2.20. The summed E-state index contributed by atoms with van der Waals surface area (Å²) in [6, 6.07) is 10.9. The van der Waals surface area contributed by atoms with Gasteiger partial charge in [-0.15, -0.1) is 0 Å². The first-order valence-electron chi connectivity index (χ1n) is 6.10. The number of aromatic amines is 1. The van der Waals surface area contributed by atoms with Gasteiger partial charge < -0.3 is 9.51 Å². The van der Waals surface area contributed by atoms with Crippen molar-refractivity contribution < 1.29 is 9.32 Å². The molecule has 1 N–H and O–H groups in total. The van der Waals surface area contributed by atoms with Gasteiger partial charge in [-0.25, -0.2) is 4.98 Å². The van der Waals surface area contributed by atoms with Crippen LogP contribution in [0.2, 0.25) is 0 Å². The fourth-order valence-electron chi connectivity index (χ4n) is 1.88. The largest absolute Gasteiger partial charge is 0.351 e. The highest BCUT2D eigenvalue weighted by atomic mass is 16.5. The highest BCUT2D eigenvalue weighted by Crippen LogP contribution is 2.18. The van der Waals surface area contributed by atoms with Crippen LogP contribution in [0.4, 0.5) is 5.69 Å². The first-order chi connectivity index (χ1) is 9.84. The van der Waals surface area contributed by atoms with E-state index in [2.05, 4.69) is 15.1 Å². The minimum Gasteiger partial charge on any atom is -0.351 e. The first kappa shape index (κ1) is 12.2. The number of hydrogen-bond donors (Lipinski definition) is 1. The molecule has 1 amide bonds. The van der Waals surface area contributed by atoms with Crippen molar-refractivity contribution >= 4 is 11.6 Å². The number of hydrogen-bond acceptors (Lipinski definition) is 4. The van der Waals surface area contributed by atoms with Gasteiger partial charge in [-0.05, 0) is 12.1 Å². The number of amides is 1. The Morgan fingerprint density at radius 2 is 2.05 bits per heavy atom. The quantitative estimate of drug-likeness (QED) is 0.787. The standard InChI is InChI=1S/C14H12N4O2/c19-14(12-6-7-17-20-12)18(10-13-15-8-9-16-13)11-4-2-1-3-5-11/h1-9H,10H2,(H,15,16). The summed E-state index contributed by atoms with van der Waals surface area (Å²) in [5, 5.41) is 3.57. The van der Waals surface area contributed by atoms with Crippen LogP contribution < -0.4 is 4.90 Å². The summed E-state index contributed by atoms with van der Waals surface area (Å²) in [4.78, 5) is 21.2. The van der Waals surface area contributed by atoms with Gasteiger partial charge in [-0.1, -0.05) is 23.4 Å². The molecule has 0 aliphatic carbocycles. The molecule has 2 heterocycles. The van der Waals surface area contributed by atoms with Gasteiger partial charge in [0.15, 0.2) is 0 Å². The molecule has 0 aliphatic heterocycles. The molecule has 0 saturated heterocycles. The van der Waals surface area contributed by atoms with E-state index >= 15 is 0 Å². The second-order valence-electron chi connectivity index (χ2n) is 4.14. The molecule has 0 atom stereocenters. The lowest BCUT2D eigenvalue weighted by atomic mass is 10.2. The van der Waals surface area contributed by atoms with Crippen LogP contribution in [0, 0.1) is 0 Å². The molecule has 0 aliphatic rings. The van der Waals surface area contributed by atoms with E-state index in [-0.39, 0.29) is 11.7 Å². The number of para-hydroxylation sites is 1. The lowest BCUT2D eigenvalue weighted by Crippen LogP contribution is -2.30. The summed E-state index contributed by atoms with van der Waals surface area (Å²) in [6.07, 6.45) is 4.82. The van der Waals surface area contributed by atoms with Crippen LogP contribution in [-0.2, 0) is 6.54 Å². The maximum atomic E-state index is 12.5. The summed E-state index contributed by atoms with van der Waals surface area (Å²) in [5.74, 6) is 0.632. The molecular formula is C14H12N4O2. The summed E-state index contributed by atoms with van der Waals surface area (Å²) in [6.45, 7) is 0.330. The van der Waals surface area contributed by atoms with Gasteiger partial charge in [0.25, 0.3) is 5.91 Å². The van der Waals surface area contributed by atoms with Crippen LogP contribution in [0.1, 0.15) is 16.4 Å². The number of aromatic nitrogens is 3. The Morgan fingerprint density at radius 3 is 2.70 bits per heavy atom. The number of imidazole rings is 1. The van der Waals surface area contributed by atoms with Crippen molar-refractivity contribution in [3.63, 3.8) is 0 Å². The predicted molar refractivity (Wildman–Crippen MR) is 72.0 cm³/mol. The van der Waals surface area contributed by atoms with Crippen molar-refractivity contribution in [2.24, 2.45) is 0 Å². The van der Waals surface area contributed by atoms with E-state index in [9.17, 15) is 4.79 Å². The number of carbonyl (C=O) groups is 1. The lowest BCUT2D eigenvalue weighted by molar-refractivity contribution is 0.0949. The van der Waals surface area contributed by atoms with Crippen molar-refractivity contribution in [1.29, 1.82) is 0 Å². The van der Waals surface area contributed by atoms with Gasteiger partial charge in [0.05, 0.1) is 12.7 Å². The fraction of sp³-hybridized carbons (Fsp3) is 0.0714. The van der Waals surface area contributed by atoms with E-state index < -0.39 is 0 Å². The van der Waals surface area contributed by atoms with Gasteiger partial charge in [-0.3, -0.25) is 9.69 Å². The average Bonchev–Trinajstić information content (AvgIpc) is 3.18. The molecular weight excluding hydrogens is 256 g/mol. The fourth-order valence-corrected chi connectivity index (χ4v) is 1.88. The Balaban J connectivity index is 1.93. The first-order valence-corrected chi connectivity index (χ1v) is 6.10. The molecule has 3 rings (SSSR count). The Morgan fingerprint density at radius 1 is 1.20 bits per heavy atom. The van der Waals surface area contributed by atoms with Crippen molar-refractivity contribution in [3.8, 4) is 0 Å². The molecule has 0 radical (unpaired) electrons. The second kappa shape index (κ2) is 5.40. The molecule has 100 valence electrons. The minimum atomic E-state index is -0.259. The van der Waals surface area contributed by atoms with Crippen molar-refractivity contribution in [2.45, 2.75) is 6.54 Å². The van der Waals surface area contributed by atoms with Crippen LogP contribution in [0.5, 0.6) is 0 Å². The number of rotatable bonds is 4. The zero-order valence-corrected chi connectivity index (χ0v) is 10.6. The van der Waals surface area contributed by atoms with Crippen molar-refractivity contribution in [1.82, 2.24) is 15.1 Å². The monoisotopic (exact) mass is 268 g/mol. The Kier molecular flexibility index (Phi) is 3.28. The highest BCUT2D eigenvalue weighted by Gasteiger charge is 2.21. The molecule has 3 aromatic rings. The maximum absolute atomic E-state index is 12.5. The number of anilines is 1. The van der Waals surface area contributed by atoms with E-state index in [0.717, 1.165) is 5.69 Å². The van der Waals surface area contributed by atoms with Crippen LogP contribution >= 0.6 is 0 Å². The molecule has 2 aromatic heterocycles. The zero-order valence-electron chi connectivity index (χ0n) is 10.6. The number of carbonyl (C=O) groups excluding carboxylic acids is 1. The third-order valence-corrected chi connectivity index (χ3v) is 2.82. The molecule has 0 bridgehead atoms.